The number of rotatable bonds is 14. The average molecular weight is 704 g/mol. The lowest BCUT2D eigenvalue weighted by Crippen LogP contribution is -2.74. The number of alkyl halides is 1. The molecule has 1 saturated heterocycles. The zero-order valence-electron chi connectivity index (χ0n) is 24.1. The highest BCUT2D eigenvalue weighted by Crippen LogP contribution is 2.24. The summed E-state index contributed by atoms with van der Waals surface area (Å²) < 4.78 is 38.2. The first kappa shape index (κ1) is 35.7. The van der Waals surface area contributed by atoms with Crippen LogP contribution >= 0.6 is 22.9 Å². The topological polar surface area (TPSA) is 266 Å². The van der Waals surface area contributed by atoms with Gasteiger partial charge in [0.15, 0.2) is 10.8 Å². The maximum Gasteiger partial charge on any atom is 0.362 e. The fourth-order valence-corrected chi connectivity index (χ4v) is 5.31. The Kier molecular flexibility index (Phi) is 11.3. The molecule has 22 heteroatoms. The highest BCUT2D eigenvalue weighted by molar-refractivity contribution is 7.84. The van der Waals surface area contributed by atoms with Crippen LogP contribution in [0.1, 0.15) is 32.0 Å². The molecule has 1 aromatic carbocycles. The second-order valence-electron chi connectivity index (χ2n) is 9.83. The Morgan fingerprint density at radius 2 is 1.89 bits per heavy atom. The number of carbonyl (C=O) groups excluding carboxylic acids is 5. The van der Waals surface area contributed by atoms with E-state index in [1.54, 1.807) is 0 Å². The van der Waals surface area contributed by atoms with E-state index in [9.17, 15) is 47.1 Å². The van der Waals surface area contributed by atoms with Crippen LogP contribution in [-0.2, 0) is 50.5 Å². The third-order valence-corrected chi connectivity index (χ3v) is 7.92. The summed E-state index contributed by atoms with van der Waals surface area (Å²) >= 11 is 6.35. The molecule has 4 amide bonds. The Hall–Kier alpha value is -4.73. The van der Waals surface area contributed by atoms with Gasteiger partial charge in [-0.2, -0.15) is 8.42 Å². The number of nitro benzene ring substituents is 1. The van der Waals surface area contributed by atoms with Gasteiger partial charge >= 0.3 is 16.3 Å². The van der Waals surface area contributed by atoms with Crippen molar-refractivity contribution in [2.24, 2.45) is 5.16 Å². The lowest BCUT2D eigenvalue weighted by atomic mass is 9.98. The highest BCUT2D eigenvalue weighted by Gasteiger charge is 2.54. The molecule has 2 aromatic rings. The first-order chi connectivity index (χ1) is 21.4. The molecule has 4 N–H and O–H groups in total. The number of hydrogen-bond donors (Lipinski definition) is 4. The molecule has 0 saturated carbocycles. The maximum atomic E-state index is 13.4. The number of anilines is 1. The minimum atomic E-state index is -5.05. The first-order valence-corrected chi connectivity index (χ1v) is 15.6. The van der Waals surface area contributed by atoms with Crippen LogP contribution < -0.4 is 16.0 Å². The van der Waals surface area contributed by atoms with E-state index in [0.717, 1.165) is 18.3 Å². The summed E-state index contributed by atoms with van der Waals surface area (Å²) in [5.41, 5.74) is -2.43. The van der Waals surface area contributed by atoms with Gasteiger partial charge in [-0.1, -0.05) is 5.16 Å². The zero-order valence-corrected chi connectivity index (χ0v) is 26.5. The first-order valence-electron chi connectivity index (χ1n) is 12.8. The molecule has 46 heavy (non-hydrogen) atoms. The number of nitrogens with zero attached hydrogens (tertiary/aromatic N) is 4. The van der Waals surface area contributed by atoms with Gasteiger partial charge in [0, 0.05) is 31.0 Å². The van der Waals surface area contributed by atoms with Gasteiger partial charge in [0.1, 0.15) is 24.2 Å². The lowest BCUT2D eigenvalue weighted by molar-refractivity contribution is -0.384. The number of amides is 4. The Morgan fingerprint density at radius 3 is 2.46 bits per heavy atom. The number of nitro groups is 1. The molecule has 0 radical (unpaired) electrons. The van der Waals surface area contributed by atoms with E-state index in [-0.39, 0.29) is 27.4 Å². The highest BCUT2D eigenvalue weighted by atomic mass is 35.5. The number of carbonyl (C=O) groups is 5. The van der Waals surface area contributed by atoms with Gasteiger partial charge in [-0.3, -0.25) is 33.8 Å². The normalized spacial score (nSPS) is 16.6. The number of non-ortho nitro benzene ring substituents is 1. The van der Waals surface area contributed by atoms with Crippen LogP contribution in [-0.4, -0.2) is 92.6 Å². The molecule has 2 atom stereocenters. The van der Waals surface area contributed by atoms with Crippen LogP contribution in [0, 0.1) is 10.1 Å². The Bertz CT molecular complexity index is 1680. The molecule has 2 unspecified atom stereocenters. The molecule has 0 bridgehead atoms. The number of nitrogens with one attached hydrogen (secondary N) is 3. The SMILES string of the molecule is CC(=O)NCC1C(NC(=O)/C(=N\OC(C)(C)C(=O)OCc2ccc([N+](=O)[O-])cc2)c2csc(NC(=O)CCl)n2)C(=O)N1S(=O)(=O)O. The standard InChI is InChI=1S/C24H26ClN7O12S2/c1-12(33)26-9-16-19(21(36)31(16)46(40,41)42)29-20(35)18(15-11-45-23(27-15)28-17(34)8-25)30-44-24(2,3)22(37)43-10-13-4-6-14(7-5-13)32(38)39/h4-7,11,16,19H,8-10H2,1-3H3,(H,26,33)(H,29,35)(H,27,28,34)(H,40,41,42)/b30-18-. The molecule has 1 aromatic heterocycles. The largest absolute Gasteiger partial charge is 0.458 e. The number of β-lactam (4-membered cyclic amide) rings is 1. The summed E-state index contributed by atoms with van der Waals surface area (Å²) in [7, 11) is -5.05. The van der Waals surface area contributed by atoms with Crippen molar-refractivity contribution < 1.29 is 51.4 Å². The second-order valence-corrected chi connectivity index (χ2v) is 12.2. The molecule has 1 aliphatic heterocycles. The molecule has 1 fully saturated rings. The third kappa shape index (κ3) is 8.93. The molecule has 3 rings (SSSR count). The Balaban J connectivity index is 1.84. The Labute approximate surface area is 269 Å². The van der Waals surface area contributed by atoms with E-state index in [4.69, 9.17) is 21.2 Å². The number of halogens is 1. The van der Waals surface area contributed by atoms with Crippen LogP contribution in [0.2, 0.25) is 0 Å². The maximum absolute atomic E-state index is 13.4. The summed E-state index contributed by atoms with van der Waals surface area (Å²) in [5.74, 6) is -4.96. The number of hydrogen-bond acceptors (Lipinski definition) is 14. The van der Waals surface area contributed by atoms with Crippen molar-refractivity contribution in [1.29, 1.82) is 0 Å². The fourth-order valence-electron chi connectivity index (χ4n) is 3.65. The van der Waals surface area contributed by atoms with Gasteiger partial charge in [0.25, 0.3) is 17.5 Å². The third-order valence-electron chi connectivity index (χ3n) is 5.97. The summed E-state index contributed by atoms with van der Waals surface area (Å²) in [6, 6.07) is 2.22. The van der Waals surface area contributed by atoms with Gasteiger partial charge in [0.05, 0.1) is 11.0 Å². The van der Waals surface area contributed by atoms with E-state index in [1.807, 2.05) is 0 Å². The molecule has 0 spiro atoms. The number of benzene rings is 1. The summed E-state index contributed by atoms with van der Waals surface area (Å²) in [6.07, 6.45) is 0. The average Bonchev–Trinajstić information content (AvgIpc) is 3.43. The van der Waals surface area contributed by atoms with Gasteiger partial charge in [-0.05, 0) is 31.5 Å². The molecule has 248 valence electrons. The lowest BCUT2D eigenvalue weighted by Gasteiger charge is -2.44. The molecule has 2 heterocycles. The fraction of sp³-hybridized carbons (Fsp3) is 0.375. The van der Waals surface area contributed by atoms with Crippen LogP contribution in [0.15, 0.2) is 34.8 Å². The van der Waals surface area contributed by atoms with Crippen molar-refractivity contribution in [3.63, 3.8) is 0 Å². The minimum Gasteiger partial charge on any atom is -0.458 e. The van der Waals surface area contributed by atoms with E-state index in [0.29, 0.717) is 5.56 Å². The van der Waals surface area contributed by atoms with Crippen LogP contribution in [0.5, 0.6) is 0 Å². The van der Waals surface area contributed by atoms with E-state index >= 15 is 0 Å². The van der Waals surface area contributed by atoms with E-state index in [2.05, 4.69) is 26.1 Å². The number of esters is 1. The predicted molar refractivity (Wildman–Crippen MR) is 159 cm³/mol. The minimum absolute atomic E-state index is 0.0104. The van der Waals surface area contributed by atoms with Crippen LogP contribution in [0.4, 0.5) is 10.8 Å². The van der Waals surface area contributed by atoms with Crippen LogP contribution in [0.25, 0.3) is 0 Å². The summed E-state index contributed by atoms with van der Waals surface area (Å²) in [6.45, 7) is 2.86. The van der Waals surface area contributed by atoms with Gasteiger partial charge in [0.2, 0.25) is 17.4 Å². The number of aromatic nitrogens is 1. The van der Waals surface area contributed by atoms with Crippen molar-refractivity contribution in [2.45, 2.75) is 45.1 Å². The predicted octanol–water partition coefficient (Wildman–Crippen LogP) is 0.106. The quantitative estimate of drug-likeness (QED) is 0.0387. The van der Waals surface area contributed by atoms with Crippen molar-refractivity contribution in [1.82, 2.24) is 19.9 Å². The van der Waals surface area contributed by atoms with Crippen molar-refractivity contribution in [3.05, 3.63) is 51.0 Å². The van der Waals surface area contributed by atoms with Crippen molar-refractivity contribution >= 4 is 79.4 Å². The van der Waals surface area contributed by atoms with E-state index < -0.39 is 80.6 Å². The molecule has 19 nitrogen and oxygen atoms in total. The van der Waals surface area contributed by atoms with Crippen LogP contribution in [0.3, 0.4) is 0 Å². The van der Waals surface area contributed by atoms with Crippen molar-refractivity contribution in [2.75, 3.05) is 17.7 Å². The van der Waals surface area contributed by atoms with Crippen molar-refractivity contribution in [3.8, 4) is 0 Å². The van der Waals surface area contributed by atoms with Gasteiger partial charge in [-0.15, -0.1) is 22.9 Å². The van der Waals surface area contributed by atoms with Gasteiger partial charge < -0.3 is 25.5 Å². The number of thiazole rings is 1. The number of oxime groups is 1. The molecule has 1 aliphatic rings. The molecular formula is C24H26ClN7O12S2. The number of ether oxygens (including phenoxy) is 1. The molecular weight excluding hydrogens is 678 g/mol. The summed E-state index contributed by atoms with van der Waals surface area (Å²) in [4.78, 5) is 81.5. The van der Waals surface area contributed by atoms with Gasteiger partial charge in [-0.25, -0.2) is 14.1 Å². The molecule has 0 aliphatic carbocycles. The Morgan fingerprint density at radius 1 is 1.24 bits per heavy atom. The monoisotopic (exact) mass is 703 g/mol. The summed E-state index contributed by atoms with van der Waals surface area (Å²) in [5, 5.41) is 22.8. The smallest absolute Gasteiger partial charge is 0.362 e. The second kappa shape index (κ2) is 14.6. The zero-order chi connectivity index (χ0) is 34.4. The van der Waals surface area contributed by atoms with E-state index in [1.165, 1.54) is 43.5 Å².